The average molecular weight is 337 g/mol. The first kappa shape index (κ1) is 16.9. The molecular weight excluding hydrogens is 320 g/mol. The zero-order chi connectivity index (χ0) is 16.8. The van der Waals surface area contributed by atoms with Gasteiger partial charge in [0.1, 0.15) is 11.4 Å². The van der Waals surface area contributed by atoms with Gasteiger partial charge in [0, 0.05) is 18.3 Å². The molecule has 0 radical (unpaired) electrons. The Bertz CT molecular complexity index is 699. The van der Waals surface area contributed by atoms with Crippen LogP contribution in [0.2, 0.25) is 5.02 Å². The molecule has 0 saturated carbocycles. The molecule has 7 heteroatoms. The Morgan fingerprint density at radius 3 is 2.74 bits per heavy atom. The van der Waals surface area contributed by atoms with E-state index in [1.165, 1.54) is 19.2 Å². The normalized spacial score (nSPS) is 11.6. The second kappa shape index (κ2) is 7.69. The number of ether oxygens (including phenoxy) is 2. The molecule has 23 heavy (non-hydrogen) atoms. The number of nitrogens with one attached hydrogen (secondary N) is 2. The molecule has 2 aromatic rings. The number of H-pyrrole nitrogens is 1. The van der Waals surface area contributed by atoms with E-state index in [-0.39, 0.29) is 12.2 Å². The monoisotopic (exact) mass is 336 g/mol. The Labute approximate surface area is 138 Å². The zero-order valence-electron chi connectivity index (χ0n) is 12.8. The Balaban J connectivity index is 1.89. The fraction of sp³-hybridized carbons (Fsp3) is 0.250. The minimum absolute atomic E-state index is 0.194. The summed E-state index contributed by atoms with van der Waals surface area (Å²) in [4.78, 5) is 26.5. The van der Waals surface area contributed by atoms with Gasteiger partial charge in [0.15, 0.2) is 6.10 Å². The van der Waals surface area contributed by atoms with Gasteiger partial charge < -0.3 is 19.8 Å². The number of aromatic nitrogens is 1. The number of esters is 1. The number of benzene rings is 1. The molecule has 122 valence electrons. The van der Waals surface area contributed by atoms with Crippen LogP contribution < -0.4 is 10.1 Å². The van der Waals surface area contributed by atoms with Crippen LogP contribution in [0, 0.1) is 0 Å². The van der Waals surface area contributed by atoms with Crippen molar-refractivity contribution in [3.8, 4) is 5.75 Å². The molecule has 0 aliphatic carbocycles. The maximum absolute atomic E-state index is 12.0. The van der Waals surface area contributed by atoms with Gasteiger partial charge in [0.05, 0.1) is 12.1 Å². The molecule has 0 bridgehead atoms. The number of carbonyl (C=O) groups is 2. The molecule has 1 aromatic heterocycles. The molecule has 1 aromatic carbocycles. The van der Waals surface area contributed by atoms with Crippen LogP contribution in [-0.4, -0.2) is 30.1 Å². The first-order chi connectivity index (χ1) is 11.0. The van der Waals surface area contributed by atoms with Gasteiger partial charge in [-0.3, -0.25) is 4.79 Å². The van der Waals surface area contributed by atoms with Gasteiger partial charge in [-0.2, -0.15) is 0 Å². The zero-order valence-corrected chi connectivity index (χ0v) is 13.5. The predicted octanol–water partition coefficient (Wildman–Crippen LogP) is 2.54. The van der Waals surface area contributed by atoms with Gasteiger partial charge in [0.25, 0.3) is 5.91 Å². The van der Waals surface area contributed by atoms with Gasteiger partial charge >= 0.3 is 5.97 Å². The van der Waals surface area contributed by atoms with E-state index in [1.54, 1.807) is 13.2 Å². The van der Waals surface area contributed by atoms with Crippen LogP contribution in [0.3, 0.4) is 0 Å². The number of hydrogen-bond donors (Lipinski definition) is 2. The van der Waals surface area contributed by atoms with Crippen molar-refractivity contribution in [2.45, 2.75) is 19.6 Å². The van der Waals surface area contributed by atoms with Crippen molar-refractivity contribution in [3.63, 3.8) is 0 Å². The van der Waals surface area contributed by atoms with E-state index in [9.17, 15) is 9.59 Å². The largest absolute Gasteiger partial charge is 0.496 e. The highest BCUT2D eigenvalue weighted by Crippen LogP contribution is 2.17. The standard InChI is InChI=1S/C16H17ClN2O4/c1-10(23-16(21)13-7-12(17)9-18-13)15(20)19-8-11-5-3-4-6-14(11)22-2/h3-7,9-10,18H,8H2,1-2H3,(H,19,20). The van der Waals surface area contributed by atoms with Crippen molar-refractivity contribution in [2.75, 3.05) is 7.11 Å². The van der Waals surface area contributed by atoms with Crippen molar-refractivity contribution < 1.29 is 19.1 Å². The molecule has 1 amide bonds. The first-order valence-electron chi connectivity index (χ1n) is 6.95. The van der Waals surface area contributed by atoms with E-state index in [0.29, 0.717) is 10.8 Å². The van der Waals surface area contributed by atoms with Crippen molar-refractivity contribution >= 4 is 23.5 Å². The van der Waals surface area contributed by atoms with Crippen molar-refractivity contribution in [2.24, 2.45) is 0 Å². The molecule has 1 atom stereocenters. The lowest BCUT2D eigenvalue weighted by molar-refractivity contribution is -0.129. The highest BCUT2D eigenvalue weighted by Gasteiger charge is 2.20. The molecule has 1 unspecified atom stereocenters. The molecule has 2 N–H and O–H groups in total. The SMILES string of the molecule is COc1ccccc1CNC(=O)C(C)OC(=O)c1cc(Cl)c[nH]1. The van der Waals surface area contributed by atoms with Crippen LogP contribution >= 0.6 is 11.6 Å². The summed E-state index contributed by atoms with van der Waals surface area (Å²) in [7, 11) is 1.56. The second-order valence-electron chi connectivity index (χ2n) is 4.81. The highest BCUT2D eigenvalue weighted by atomic mass is 35.5. The van der Waals surface area contributed by atoms with Crippen LogP contribution in [0.5, 0.6) is 5.75 Å². The highest BCUT2D eigenvalue weighted by molar-refractivity contribution is 6.30. The minimum atomic E-state index is -0.931. The van der Waals surface area contributed by atoms with Crippen molar-refractivity contribution in [1.82, 2.24) is 10.3 Å². The maximum atomic E-state index is 12.0. The maximum Gasteiger partial charge on any atom is 0.355 e. The fourth-order valence-electron chi connectivity index (χ4n) is 1.94. The van der Waals surface area contributed by atoms with Gasteiger partial charge in [-0.05, 0) is 19.1 Å². The molecular formula is C16H17ClN2O4. The van der Waals surface area contributed by atoms with E-state index < -0.39 is 18.0 Å². The first-order valence-corrected chi connectivity index (χ1v) is 7.33. The lowest BCUT2D eigenvalue weighted by Gasteiger charge is -2.14. The smallest absolute Gasteiger partial charge is 0.355 e. The summed E-state index contributed by atoms with van der Waals surface area (Å²) in [5, 5.41) is 3.10. The van der Waals surface area contributed by atoms with Crippen molar-refractivity contribution in [3.05, 3.63) is 52.8 Å². The fourth-order valence-corrected chi connectivity index (χ4v) is 2.10. The summed E-state index contributed by atoms with van der Waals surface area (Å²) >= 11 is 5.72. The van der Waals surface area contributed by atoms with Crippen LogP contribution in [0.4, 0.5) is 0 Å². The lowest BCUT2D eigenvalue weighted by atomic mass is 10.2. The topological polar surface area (TPSA) is 80.4 Å². The van der Waals surface area contributed by atoms with E-state index in [1.807, 2.05) is 18.2 Å². The van der Waals surface area contributed by atoms with Crippen LogP contribution in [0.15, 0.2) is 36.5 Å². The minimum Gasteiger partial charge on any atom is -0.496 e. The van der Waals surface area contributed by atoms with Crippen molar-refractivity contribution in [1.29, 1.82) is 0 Å². The molecule has 0 saturated heterocycles. The Kier molecular flexibility index (Phi) is 5.65. The molecule has 0 aliphatic rings. The third kappa shape index (κ3) is 4.50. The number of halogens is 1. The third-order valence-electron chi connectivity index (χ3n) is 3.17. The van der Waals surface area contributed by atoms with E-state index in [4.69, 9.17) is 21.1 Å². The number of para-hydroxylation sites is 1. The molecule has 6 nitrogen and oxygen atoms in total. The Morgan fingerprint density at radius 2 is 2.09 bits per heavy atom. The number of amides is 1. The van der Waals surface area contributed by atoms with Gasteiger partial charge in [-0.1, -0.05) is 29.8 Å². The van der Waals surface area contributed by atoms with E-state index in [2.05, 4.69) is 10.3 Å². The number of aromatic amines is 1. The van der Waals surface area contributed by atoms with Crippen LogP contribution in [0.25, 0.3) is 0 Å². The number of hydrogen-bond acceptors (Lipinski definition) is 4. The average Bonchev–Trinajstić information content (AvgIpc) is 2.99. The number of rotatable bonds is 6. The van der Waals surface area contributed by atoms with E-state index >= 15 is 0 Å². The summed E-state index contributed by atoms with van der Waals surface area (Å²) in [5.74, 6) is -0.364. The summed E-state index contributed by atoms with van der Waals surface area (Å²) in [5.41, 5.74) is 1.03. The predicted molar refractivity (Wildman–Crippen MR) is 85.5 cm³/mol. The van der Waals surface area contributed by atoms with Crippen LogP contribution in [-0.2, 0) is 16.1 Å². The number of methoxy groups -OCH3 is 1. The van der Waals surface area contributed by atoms with E-state index in [0.717, 1.165) is 5.56 Å². The molecule has 0 aliphatic heterocycles. The summed E-state index contributed by atoms with van der Waals surface area (Å²) in [6.07, 6.45) is 0.532. The molecule has 0 fully saturated rings. The molecule has 0 spiro atoms. The van der Waals surface area contributed by atoms with Gasteiger partial charge in [-0.15, -0.1) is 0 Å². The Morgan fingerprint density at radius 1 is 1.35 bits per heavy atom. The summed E-state index contributed by atoms with van der Waals surface area (Å²) in [6.45, 7) is 1.78. The molecule has 2 rings (SSSR count). The second-order valence-corrected chi connectivity index (χ2v) is 5.25. The molecule has 1 heterocycles. The summed E-state index contributed by atoms with van der Waals surface area (Å²) in [6, 6.07) is 8.78. The number of carbonyl (C=O) groups excluding carboxylic acids is 2. The lowest BCUT2D eigenvalue weighted by Crippen LogP contribution is -2.35. The Hall–Kier alpha value is -2.47. The third-order valence-corrected chi connectivity index (χ3v) is 3.38. The summed E-state index contributed by atoms with van der Waals surface area (Å²) < 4.78 is 10.3. The van der Waals surface area contributed by atoms with Gasteiger partial charge in [0.2, 0.25) is 0 Å². The quantitative estimate of drug-likeness (QED) is 0.794. The van der Waals surface area contributed by atoms with Gasteiger partial charge in [-0.25, -0.2) is 4.79 Å². The van der Waals surface area contributed by atoms with Crippen LogP contribution in [0.1, 0.15) is 23.0 Å².